The van der Waals surface area contributed by atoms with Crippen molar-refractivity contribution in [3.8, 4) is 0 Å². The molecule has 10 heteroatoms. The van der Waals surface area contributed by atoms with E-state index in [1.54, 1.807) is 18.8 Å². The maximum atomic E-state index is 6.48. The van der Waals surface area contributed by atoms with E-state index in [-0.39, 0.29) is 24.4 Å². The molecular weight excluding hydrogens is 714 g/mol. The predicted molar refractivity (Wildman–Crippen MR) is 101 cm³/mol. The SMILES string of the molecule is CC1CN(C)CC(CO[P](C)(=[W])N2CC(C)OC(CO[P](C)(C)=[W])C2)O1. The van der Waals surface area contributed by atoms with E-state index in [0.29, 0.717) is 13.2 Å². The molecule has 0 aromatic heterocycles. The zero-order valence-corrected chi connectivity index (χ0v) is 24.4. The van der Waals surface area contributed by atoms with Gasteiger partial charge in [0.15, 0.2) is 0 Å². The van der Waals surface area contributed by atoms with Crippen molar-refractivity contribution >= 4 is 10.4 Å². The molecular formula is C16H34N2O4P2W2. The summed E-state index contributed by atoms with van der Waals surface area (Å²) in [7, 11) is 2.16. The molecule has 2 rings (SSSR count). The predicted octanol–water partition coefficient (Wildman–Crippen LogP) is 2.42. The quantitative estimate of drug-likeness (QED) is 0.374. The summed E-state index contributed by atoms with van der Waals surface area (Å²) >= 11 is 3.09. The van der Waals surface area contributed by atoms with Gasteiger partial charge >= 0.3 is 181 Å². The molecule has 0 bridgehead atoms. The Morgan fingerprint density at radius 3 is 2.00 bits per heavy atom. The molecule has 2 aliphatic heterocycles. The molecule has 0 radical (unpaired) electrons. The molecule has 2 saturated heterocycles. The number of likely N-dealkylation sites (N-methyl/N-ethyl adjacent to an activating group) is 1. The van der Waals surface area contributed by atoms with Crippen LogP contribution < -0.4 is 0 Å². The first-order chi connectivity index (χ1) is 11.9. The van der Waals surface area contributed by atoms with E-state index in [1.165, 1.54) is 18.8 Å². The van der Waals surface area contributed by atoms with Gasteiger partial charge in [0.25, 0.3) is 0 Å². The molecule has 0 spiro atoms. The molecule has 6 nitrogen and oxygen atoms in total. The fourth-order valence-corrected chi connectivity index (χ4v) is 8.23. The molecule has 154 valence electrons. The van der Waals surface area contributed by atoms with Crippen LogP contribution in [0.4, 0.5) is 0 Å². The second kappa shape index (κ2) is 10.3. The van der Waals surface area contributed by atoms with E-state index in [2.05, 4.69) is 50.5 Å². The van der Waals surface area contributed by atoms with Crippen molar-refractivity contribution in [1.29, 1.82) is 0 Å². The van der Waals surface area contributed by atoms with Crippen LogP contribution in [0.3, 0.4) is 0 Å². The van der Waals surface area contributed by atoms with E-state index < -0.39 is 10.4 Å². The summed E-state index contributed by atoms with van der Waals surface area (Å²) in [5.41, 5.74) is 0. The van der Waals surface area contributed by atoms with Crippen LogP contribution in [0.15, 0.2) is 0 Å². The molecule has 0 saturated carbocycles. The Kier molecular flexibility index (Phi) is 9.66. The van der Waals surface area contributed by atoms with Crippen molar-refractivity contribution in [2.45, 2.75) is 38.3 Å². The minimum absolute atomic E-state index is 0.150. The molecule has 2 heterocycles. The van der Waals surface area contributed by atoms with Gasteiger partial charge in [-0.15, -0.1) is 0 Å². The third-order valence-electron chi connectivity index (χ3n) is 4.40. The Hall–Kier alpha value is 2.00. The van der Waals surface area contributed by atoms with Crippen molar-refractivity contribution in [2.75, 3.05) is 66.4 Å². The molecule has 0 aromatic carbocycles. The van der Waals surface area contributed by atoms with Crippen LogP contribution in [-0.4, -0.2) is 100 Å². The van der Waals surface area contributed by atoms with Crippen LogP contribution in [0.5, 0.6) is 0 Å². The summed E-state index contributed by atoms with van der Waals surface area (Å²) in [6.45, 7) is 16.3. The molecule has 26 heavy (non-hydrogen) atoms. The van der Waals surface area contributed by atoms with Gasteiger partial charge in [0.1, 0.15) is 0 Å². The van der Waals surface area contributed by atoms with Crippen LogP contribution in [0.2, 0.25) is 0 Å². The van der Waals surface area contributed by atoms with Gasteiger partial charge in [-0.25, -0.2) is 0 Å². The van der Waals surface area contributed by atoms with E-state index in [9.17, 15) is 0 Å². The molecule has 0 N–H and O–H groups in total. The number of morpholine rings is 2. The van der Waals surface area contributed by atoms with Crippen molar-refractivity contribution in [1.82, 2.24) is 9.57 Å². The fraction of sp³-hybridized carbons (Fsp3) is 1.00. The van der Waals surface area contributed by atoms with Gasteiger partial charge in [0, 0.05) is 0 Å². The first kappa shape index (κ1) is 24.3. The zero-order valence-electron chi connectivity index (χ0n) is 16.8. The Morgan fingerprint density at radius 2 is 1.42 bits per heavy atom. The number of nitrogens with zero attached hydrogens (tertiary/aromatic N) is 2. The standard InChI is InChI=1S/C16H34N2O4P2.2W/c1-13-7-17(3)9-15(21-13)12-20-24(6)18-8-14(2)22-16(10-18)11-19-23(4)5;;/h13-16H,7-12H2,1-6H3;;. The van der Waals surface area contributed by atoms with Gasteiger partial charge < -0.3 is 0 Å². The second-order valence-corrected chi connectivity index (χ2v) is 29.8. The summed E-state index contributed by atoms with van der Waals surface area (Å²) in [6, 6.07) is 0. The second-order valence-electron chi connectivity index (χ2n) is 7.88. The van der Waals surface area contributed by atoms with Crippen LogP contribution >= 0.6 is 10.4 Å². The number of rotatable bonds is 7. The Morgan fingerprint density at radius 1 is 0.885 bits per heavy atom. The van der Waals surface area contributed by atoms with E-state index >= 15 is 0 Å². The van der Waals surface area contributed by atoms with E-state index in [0.717, 1.165) is 26.2 Å². The Balaban J connectivity index is 1.89. The summed E-state index contributed by atoms with van der Waals surface area (Å²) in [5, 5.41) is -2.73. The molecule has 0 amide bonds. The maximum absolute atomic E-state index is 6.48. The van der Waals surface area contributed by atoms with Crippen molar-refractivity contribution < 1.29 is 56.1 Å². The Bertz CT molecular complexity index is 552. The van der Waals surface area contributed by atoms with E-state index in [1.807, 2.05) is 0 Å². The third-order valence-corrected chi connectivity index (χ3v) is 11.9. The molecule has 5 unspecified atom stereocenters. The van der Waals surface area contributed by atoms with Crippen LogP contribution in [0, 0.1) is 0 Å². The van der Waals surface area contributed by atoms with Crippen LogP contribution in [-0.2, 0) is 56.1 Å². The van der Waals surface area contributed by atoms with Crippen LogP contribution in [0.1, 0.15) is 13.8 Å². The monoisotopic (exact) mass is 748 g/mol. The van der Waals surface area contributed by atoms with Crippen molar-refractivity contribution in [2.24, 2.45) is 0 Å². The summed E-state index contributed by atoms with van der Waals surface area (Å²) in [4.78, 5) is 2.34. The molecule has 2 fully saturated rings. The normalized spacial score (nSPS) is 34.5. The van der Waals surface area contributed by atoms with Crippen molar-refractivity contribution in [3.05, 3.63) is 0 Å². The number of ether oxygens (including phenoxy) is 2. The average molecular weight is 748 g/mol. The van der Waals surface area contributed by atoms with Crippen LogP contribution in [0.25, 0.3) is 0 Å². The number of hydrogen-bond acceptors (Lipinski definition) is 6. The van der Waals surface area contributed by atoms with Gasteiger partial charge in [-0.2, -0.15) is 0 Å². The molecule has 0 aromatic rings. The van der Waals surface area contributed by atoms with Gasteiger partial charge in [0.05, 0.1) is 0 Å². The summed E-state index contributed by atoms with van der Waals surface area (Å²) < 4.78 is 27.3. The summed E-state index contributed by atoms with van der Waals surface area (Å²) in [6.07, 6.45) is 0.830. The summed E-state index contributed by atoms with van der Waals surface area (Å²) in [5.74, 6) is 0. The average Bonchev–Trinajstić information content (AvgIpc) is 2.49. The molecule has 0 aliphatic carbocycles. The van der Waals surface area contributed by atoms with Gasteiger partial charge in [-0.1, -0.05) is 0 Å². The third kappa shape index (κ3) is 8.39. The van der Waals surface area contributed by atoms with Gasteiger partial charge in [0.2, 0.25) is 0 Å². The minimum atomic E-state index is -1.57. The topological polar surface area (TPSA) is 43.4 Å². The first-order valence-electron chi connectivity index (χ1n) is 9.11. The Labute approximate surface area is 180 Å². The molecule has 5 atom stereocenters. The van der Waals surface area contributed by atoms with E-state index in [4.69, 9.17) is 18.5 Å². The van der Waals surface area contributed by atoms with Gasteiger partial charge in [-0.05, 0) is 0 Å². The number of hydrogen-bond donors (Lipinski definition) is 0. The van der Waals surface area contributed by atoms with Gasteiger partial charge in [-0.3, -0.25) is 0 Å². The fourth-order valence-electron chi connectivity index (χ4n) is 3.34. The van der Waals surface area contributed by atoms with Crippen molar-refractivity contribution in [3.63, 3.8) is 0 Å². The zero-order chi connectivity index (χ0) is 19.5. The first-order valence-corrected chi connectivity index (χ1v) is 21.5. The molecule has 2 aliphatic rings.